The largest absolute Gasteiger partial charge is 0.385 e. The molecule has 0 saturated heterocycles. The minimum atomic E-state index is -0.692. The van der Waals surface area contributed by atoms with Crippen LogP contribution in [0.3, 0.4) is 0 Å². The van der Waals surface area contributed by atoms with Crippen LogP contribution in [0.5, 0.6) is 0 Å². The maximum atomic E-state index is 10.8. The first-order valence-electron chi connectivity index (χ1n) is 6.46. The van der Waals surface area contributed by atoms with Crippen molar-refractivity contribution < 1.29 is 5.11 Å². The maximum Gasteiger partial charge on any atom is 0.0938 e. The highest BCUT2D eigenvalue weighted by Gasteiger charge is 2.41. The van der Waals surface area contributed by atoms with Crippen LogP contribution < -0.4 is 0 Å². The Morgan fingerprint density at radius 3 is 2.25 bits per heavy atom. The smallest absolute Gasteiger partial charge is 0.0938 e. The van der Waals surface area contributed by atoms with E-state index < -0.39 is 5.60 Å². The fourth-order valence-electron chi connectivity index (χ4n) is 2.44. The molecule has 92 valence electrons. The summed E-state index contributed by atoms with van der Waals surface area (Å²) >= 11 is 0. The number of hydrogen-bond donors (Lipinski definition) is 1. The van der Waals surface area contributed by atoms with E-state index in [1.54, 1.807) is 0 Å². The van der Waals surface area contributed by atoms with Crippen LogP contribution in [0.2, 0.25) is 0 Å². The summed E-state index contributed by atoms with van der Waals surface area (Å²) < 4.78 is 0. The summed E-state index contributed by atoms with van der Waals surface area (Å²) in [5, 5.41) is 10.8. The van der Waals surface area contributed by atoms with Gasteiger partial charge in [0.25, 0.3) is 0 Å². The van der Waals surface area contributed by atoms with E-state index in [1.807, 2.05) is 0 Å². The molecule has 0 aromatic heterocycles. The zero-order valence-electron chi connectivity index (χ0n) is 11.4. The first kappa shape index (κ1) is 13.5. The molecule has 1 heteroatoms. The minimum Gasteiger partial charge on any atom is -0.385 e. The van der Waals surface area contributed by atoms with Gasteiger partial charge >= 0.3 is 0 Å². The minimum absolute atomic E-state index is 0.114. The van der Waals surface area contributed by atoms with E-state index in [4.69, 9.17) is 0 Å². The van der Waals surface area contributed by atoms with E-state index >= 15 is 0 Å². The van der Waals surface area contributed by atoms with Crippen molar-refractivity contribution in [3.05, 3.63) is 23.8 Å². The van der Waals surface area contributed by atoms with Gasteiger partial charge in [0.1, 0.15) is 0 Å². The topological polar surface area (TPSA) is 20.2 Å². The van der Waals surface area contributed by atoms with Crippen LogP contribution in [0.4, 0.5) is 0 Å². The monoisotopic (exact) mass is 222 g/mol. The molecule has 0 spiro atoms. The summed E-state index contributed by atoms with van der Waals surface area (Å²) in [4.78, 5) is 0. The maximum absolute atomic E-state index is 10.8. The molecule has 0 fully saturated rings. The molecule has 0 heterocycles. The Morgan fingerprint density at radius 1 is 1.31 bits per heavy atom. The summed E-state index contributed by atoms with van der Waals surface area (Å²) in [6.07, 6.45) is 9.63. The number of allylic oxidation sites excluding steroid dienone is 2. The van der Waals surface area contributed by atoms with Gasteiger partial charge in [0.15, 0.2) is 0 Å². The molecule has 1 nitrogen and oxygen atoms in total. The molecule has 16 heavy (non-hydrogen) atoms. The van der Waals surface area contributed by atoms with Crippen molar-refractivity contribution in [3.8, 4) is 0 Å². The third-order valence-electron chi connectivity index (χ3n) is 3.94. The molecule has 1 unspecified atom stereocenters. The molecule has 0 aliphatic heterocycles. The molecular weight excluding hydrogens is 196 g/mol. The lowest BCUT2D eigenvalue weighted by atomic mass is 9.69. The molecule has 1 rings (SSSR count). The highest BCUT2D eigenvalue weighted by molar-refractivity contribution is 5.34. The van der Waals surface area contributed by atoms with Crippen molar-refractivity contribution in [2.24, 2.45) is 11.3 Å². The van der Waals surface area contributed by atoms with Gasteiger partial charge < -0.3 is 5.11 Å². The van der Waals surface area contributed by atoms with Crippen LogP contribution in [0.15, 0.2) is 23.8 Å². The molecule has 1 aliphatic carbocycles. The highest BCUT2D eigenvalue weighted by atomic mass is 16.3. The van der Waals surface area contributed by atoms with Gasteiger partial charge in [0.2, 0.25) is 0 Å². The Hall–Kier alpha value is -0.560. The van der Waals surface area contributed by atoms with E-state index in [0.29, 0.717) is 5.92 Å². The van der Waals surface area contributed by atoms with Crippen molar-refractivity contribution in [3.63, 3.8) is 0 Å². The number of hydrogen-bond acceptors (Lipinski definition) is 1. The molecule has 0 aromatic rings. The van der Waals surface area contributed by atoms with Gasteiger partial charge in [-0.2, -0.15) is 0 Å². The Bertz CT molecular complexity index is 293. The average molecular weight is 222 g/mol. The predicted molar refractivity (Wildman–Crippen MR) is 70.3 cm³/mol. The molecule has 0 saturated carbocycles. The fraction of sp³-hybridized carbons (Fsp3) is 0.733. The first-order chi connectivity index (χ1) is 7.35. The Balaban J connectivity index is 2.93. The summed E-state index contributed by atoms with van der Waals surface area (Å²) in [7, 11) is 0. The van der Waals surface area contributed by atoms with Gasteiger partial charge in [-0.25, -0.2) is 0 Å². The van der Waals surface area contributed by atoms with E-state index in [2.05, 4.69) is 52.8 Å². The molecule has 1 aliphatic rings. The van der Waals surface area contributed by atoms with Gasteiger partial charge in [0.05, 0.1) is 5.60 Å². The van der Waals surface area contributed by atoms with Crippen molar-refractivity contribution in [2.75, 3.05) is 0 Å². The van der Waals surface area contributed by atoms with Crippen molar-refractivity contribution in [1.29, 1.82) is 0 Å². The number of rotatable bonds is 3. The quantitative estimate of drug-likeness (QED) is 0.762. The fourth-order valence-corrected chi connectivity index (χ4v) is 2.44. The van der Waals surface area contributed by atoms with Gasteiger partial charge in [-0.05, 0) is 36.2 Å². The lowest BCUT2D eigenvalue weighted by Gasteiger charge is -2.42. The van der Waals surface area contributed by atoms with Crippen LogP contribution in [0, 0.1) is 11.3 Å². The molecule has 0 bridgehead atoms. The summed E-state index contributed by atoms with van der Waals surface area (Å²) in [5.74, 6) is 0.657. The summed E-state index contributed by atoms with van der Waals surface area (Å²) in [6.45, 7) is 10.6. The third-order valence-corrected chi connectivity index (χ3v) is 3.94. The Kier molecular flexibility index (Phi) is 4.01. The second kappa shape index (κ2) is 4.75. The first-order valence-corrected chi connectivity index (χ1v) is 6.46. The molecule has 0 radical (unpaired) electrons. The predicted octanol–water partition coefficient (Wildman–Crippen LogP) is 4.09. The van der Waals surface area contributed by atoms with Gasteiger partial charge in [0, 0.05) is 0 Å². The molecule has 0 aromatic carbocycles. The zero-order chi connectivity index (χ0) is 12.4. The lowest BCUT2D eigenvalue weighted by molar-refractivity contribution is -0.0250. The Labute approximate surface area is 100 Å². The lowest BCUT2D eigenvalue weighted by Crippen LogP contribution is -2.44. The van der Waals surface area contributed by atoms with Crippen LogP contribution in [0.1, 0.15) is 53.9 Å². The molecule has 2 atom stereocenters. The van der Waals surface area contributed by atoms with Gasteiger partial charge in [-0.1, -0.05) is 52.8 Å². The third kappa shape index (κ3) is 2.40. The van der Waals surface area contributed by atoms with Crippen molar-refractivity contribution in [2.45, 2.75) is 59.5 Å². The van der Waals surface area contributed by atoms with Crippen LogP contribution in [-0.2, 0) is 0 Å². The standard InChI is InChI=1S/C15H26O/c1-6-12-8-10-13(11-9-12)15(16,7-2)14(3,4)5/h8,10-12,16H,6-7,9H2,1-5H3/t12?,15-/m0/s1. The van der Waals surface area contributed by atoms with Gasteiger partial charge in [-0.15, -0.1) is 0 Å². The average Bonchev–Trinajstić information content (AvgIpc) is 2.26. The number of aliphatic hydroxyl groups is 1. The van der Waals surface area contributed by atoms with Crippen LogP contribution >= 0.6 is 0 Å². The zero-order valence-corrected chi connectivity index (χ0v) is 11.4. The Morgan fingerprint density at radius 2 is 1.94 bits per heavy atom. The normalized spacial score (nSPS) is 25.1. The van der Waals surface area contributed by atoms with Crippen LogP contribution in [-0.4, -0.2) is 10.7 Å². The van der Waals surface area contributed by atoms with Crippen molar-refractivity contribution >= 4 is 0 Å². The summed E-state index contributed by atoms with van der Waals surface area (Å²) in [5.41, 5.74) is 0.298. The molecule has 0 amide bonds. The van der Waals surface area contributed by atoms with E-state index in [-0.39, 0.29) is 5.41 Å². The second-order valence-electron chi connectivity index (χ2n) is 5.89. The van der Waals surface area contributed by atoms with E-state index in [9.17, 15) is 5.11 Å². The highest BCUT2D eigenvalue weighted by Crippen LogP contribution is 2.41. The van der Waals surface area contributed by atoms with E-state index in [0.717, 1.165) is 18.4 Å². The van der Waals surface area contributed by atoms with E-state index in [1.165, 1.54) is 6.42 Å². The van der Waals surface area contributed by atoms with Gasteiger partial charge in [-0.3, -0.25) is 0 Å². The molecular formula is C15H26O. The SMILES string of the molecule is CCC1C=CC([C@@](O)(CC)C(C)(C)C)=CC1. The van der Waals surface area contributed by atoms with Crippen LogP contribution in [0.25, 0.3) is 0 Å². The van der Waals surface area contributed by atoms with Crippen molar-refractivity contribution in [1.82, 2.24) is 0 Å². The second-order valence-corrected chi connectivity index (χ2v) is 5.89. The summed E-state index contributed by atoms with van der Waals surface area (Å²) in [6, 6.07) is 0. The molecule has 1 N–H and O–H groups in total.